The molecule has 0 bridgehead atoms. The van der Waals surface area contributed by atoms with Gasteiger partial charge in [0.25, 0.3) is 5.88 Å². The van der Waals surface area contributed by atoms with Crippen molar-refractivity contribution in [1.29, 1.82) is 0 Å². The molecular weight excluding hydrogens is 244 g/mol. The van der Waals surface area contributed by atoms with E-state index in [1.807, 2.05) is 6.92 Å². The summed E-state index contributed by atoms with van der Waals surface area (Å²) in [5, 5.41) is 12.9. The highest BCUT2D eigenvalue weighted by Crippen LogP contribution is 2.25. The molecule has 0 saturated carbocycles. The highest BCUT2D eigenvalue weighted by Gasteiger charge is 2.22. The SMILES string of the molecule is COc1nn([C@H](C)c2nnc3n2CCCC3)cc1N. The summed E-state index contributed by atoms with van der Waals surface area (Å²) in [6.07, 6.45) is 5.14. The number of anilines is 1. The first-order valence-electron chi connectivity index (χ1n) is 6.51. The Morgan fingerprint density at radius 2 is 2.21 bits per heavy atom. The second kappa shape index (κ2) is 4.56. The Morgan fingerprint density at radius 1 is 1.37 bits per heavy atom. The van der Waals surface area contributed by atoms with Crippen molar-refractivity contribution in [2.75, 3.05) is 12.8 Å². The van der Waals surface area contributed by atoms with Gasteiger partial charge in [0, 0.05) is 13.0 Å². The van der Waals surface area contributed by atoms with Crippen LogP contribution in [-0.4, -0.2) is 31.7 Å². The summed E-state index contributed by atoms with van der Waals surface area (Å²) in [7, 11) is 1.56. The first-order chi connectivity index (χ1) is 9.20. The van der Waals surface area contributed by atoms with Crippen LogP contribution in [0.3, 0.4) is 0 Å². The second-order valence-electron chi connectivity index (χ2n) is 4.83. The predicted octanol–water partition coefficient (Wildman–Crippen LogP) is 1.01. The van der Waals surface area contributed by atoms with Crippen LogP contribution in [0.5, 0.6) is 5.88 Å². The molecule has 7 heteroatoms. The molecule has 0 unspecified atom stereocenters. The van der Waals surface area contributed by atoms with Crippen LogP contribution in [-0.2, 0) is 13.0 Å². The summed E-state index contributed by atoms with van der Waals surface area (Å²) in [4.78, 5) is 0. The zero-order valence-corrected chi connectivity index (χ0v) is 11.2. The molecule has 102 valence electrons. The minimum Gasteiger partial charge on any atom is -0.478 e. The Bertz CT molecular complexity index is 587. The lowest BCUT2D eigenvalue weighted by atomic mass is 10.1. The first-order valence-corrected chi connectivity index (χ1v) is 6.51. The van der Waals surface area contributed by atoms with Crippen LogP contribution < -0.4 is 10.5 Å². The Morgan fingerprint density at radius 3 is 2.95 bits per heavy atom. The van der Waals surface area contributed by atoms with Crippen molar-refractivity contribution in [2.24, 2.45) is 0 Å². The second-order valence-corrected chi connectivity index (χ2v) is 4.83. The summed E-state index contributed by atoms with van der Waals surface area (Å²) < 4.78 is 9.08. The van der Waals surface area contributed by atoms with Gasteiger partial charge in [-0.15, -0.1) is 15.3 Å². The van der Waals surface area contributed by atoms with Crippen molar-refractivity contribution in [3.8, 4) is 5.88 Å². The number of hydrogen-bond donors (Lipinski definition) is 1. The molecule has 1 aliphatic rings. The number of aromatic nitrogens is 5. The topological polar surface area (TPSA) is 83.8 Å². The van der Waals surface area contributed by atoms with Gasteiger partial charge in [-0.1, -0.05) is 0 Å². The van der Waals surface area contributed by atoms with Crippen molar-refractivity contribution in [1.82, 2.24) is 24.5 Å². The van der Waals surface area contributed by atoms with E-state index >= 15 is 0 Å². The van der Waals surface area contributed by atoms with Crippen LogP contribution in [0.1, 0.15) is 37.5 Å². The molecule has 2 aromatic rings. The van der Waals surface area contributed by atoms with E-state index in [0.29, 0.717) is 11.6 Å². The maximum Gasteiger partial charge on any atom is 0.256 e. The first kappa shape index (κ1) is 12.0. The van der Waals surface area contributed by atoms with Gasteiger partial charge in [0.15, 0.2) is 5.82 Å². The molecule has 0 fully saturated rings. The highest BCUT2D eigenvalue weighted by molar-refractivity contribution is 5.46. The molecule has 3 heterocycles. The van der Waals surface area contributed by atoms with Gasteiger partial charge >= 0.3 is 0 Å². The Kier molecular flexibility index (Phi) is 2.88. The van der Waals surface area contributed by atoms with Crippen LogP contribution in [0.25, 0.3) is 0 Å². The summed E-state index contributed by atoms with van der Waals surface area (Å²) in [6, 6.07) is -0.00875. The van der Waals surface area contributed by atoms with Gasteiger partial charge in [-0.2, -0.15) is 0 Å². The number of ether oxygens (including phenoxy) is 1. The number of fused-ring (bicyclic) bond motifs is 1. The standard InChI is InChI=1S/C12H18N6O/c1-8(18-7-9(13)12(16-18)19-2)11-15-14-10-5-3-4-6-17(10)11/h7-8H,3-6,13H2,1-2H3/t8-/m1/s1. The fraction of sp³-hybridized carbons (Fsp3) is 0.583. The van der Waals surface area contributed by atoms with Crippen LogP contribution in [0.2, 0.25) is 0 Å². The maximum absolute atomic E-state index is 5.83. The molecule has 1 aliphatic heterocycles. The van der Waals surface area contributed by atoms with Gasteiger partial charge < -0.3 is 15.0 Å². The molecule has 0 radical (unpaired) electrons. The van der Waals surface area contributed by atoms with Gasteiger partial charge in [0.2, 0.25) is 0 Å². The molecule has 2 aromatic heterocycles. The average molecular weight is 262 g/mol. The lowest BCUT2D eigenvalue weighted by molar-refractivity contribution is 0.382. The maximum atomic E-state index is 5.83. The molecule has 0 aliphatic carbocycles. The number of hydrogen-bond acceptors (Lipinski definition) is 5. The highest BCUT2D eigenvalue weighted by atomic mass is 16.5. The lowest BCUT2D eigenvalue weighted by Crippen LogP contribution is -2.18. The number of nitrogen functional groups attached to an aromatic ring is 1. The van der Waals surface area contributed by atoms with Crippen LogP contribution in [0, 0.1) is 0 Å². The van der Waals surface area contributed by atoms with Gasteiger partial charge in [0.05, 0.1) is 13.3 Å². The van der Waals surface area contributed by atoms with Crippen molar-refractivity contribution in [3.63, 3.8) is 0 Å². The van der Waals surface area contributed by atoms with Gasteiger partial charge in [-0.3, -0.25) is 4.68 Å². The minimum atomic E-state index is -0.00875. The quantitative estimate of drug-likeness (QED) is 0.892. The average Bonchev–Trinajstić information content (AvgIpc) is 3.01. The molecule has 3 rings (SSSR count). The third-order valence-electron chi connectivity index (χ3n) is 3.58. The van der Waals surface area contributed by atoms with Crippen molar-refractivity contribution in [3.05, 3.63) is 17.8 Å². The van der Waals surface area contributed by atoms with E-state index in [9.17, 15) is 0 Å². The summed E-state index contributed by atoms with van der Waals surface area (Å²) in [5.41, 5.74) is 6.36. The van der Waals surface area contributed by atoms with E-state index in [0.717, 1.165) is 24.6 Å². The normalized spacial score (nSPS) is 16.1. The zero-order chi connectivity index (χ0) is 13.4. The molecule has 7 nitrogen and oxygen atoms in total. The van der Waals surface area contributed by atoms with Crippen molar-refractivity contribution < 1.29 is 4.74 Å². The molecule has 0 amide bonds. The summed E-state index contributed by atoms with van der Waals surface area (Å²) >= 11 is 0. The minimum absolute atomic E-state index is 0.00875. The van der Waals surface area contributed by atoms with Crippen LogP contribution in [0.4, 0.5) is 5.69 Å². The van der Waals surface area contributed by atoms with Crippen LogP contribution in [0.15, 0.2) is 6.20 Å². The molecule has 0 saturated heterocycles. The summed E-state index contributed by atoms with van der Waals surface area (Å²) in [6.45, 7) is 3.02. The third-order valence-corrected chi connectivity index (χ3v) is 3.58. The van der Waals surface area contributed by atoms with E-state index in [2.05, 4.69) is 19.9 Å². The molecule has 1 atom stereocenters. The number of aryl methyl sites for hydroxylation is 1. The third kappa shape index (κ3) is 1.94. The van der Waals surface area contributed by atoms with Crippen molar-refractivity contribution >= 4 is 5.69 Å². The molecule has 2 N–H and O–H groups in total. The smallest absolute Gasteiger partial charge is 0.256 e. The van der Waals surface area contributed by atoms with E-state index in [-0.39, 0.29) is 6.04 Å². The Labute approximate surface area is 111 Å². The van der Waals surface area contributed by atoms with Gasteiger partial charge in [-0.05, 0) is 19.8 Å². The zero-order valence-electron chi connectivity index (χ0n) is 11.2. The van der Waals surface area contributed by atoms with Crippen molar-refractivity contribution in [2.45, 2.75) is 38.8 Å². The fourth-order valence-corrected chi connectivity index (χ4v) is 2.50. The van der Waals surface area contributed by atoms with Gasteiger partial charge in [0.1, 0.15) is 17.6 Å². The monoisotopic (exact) mass is 262 g/mol. The fourth-order valence-electron chi connectivity index (χ4n) is 2.50. The lowest BCUT2D eigenvalue weighted by Gasteiger charge is -2.18. The van der Waals surface area contributed by atoms with Crippen LogP contribution >= 0.6 is 0 Å². The predicted molar refractivity (Wildman–Crippen MR) is 70.0 cm³/mol. The van der Waals surface area contributed by atoms with E-state index in [1.54, 1.807) is 18.0 Å². The molecule has 0 aromatic carbocycles. The number of nitrogens with two attached hydrogens (primary N) is 1. The summed E-state index contributed by atoms with van der Waals surface area (Å²) in [5.74, 6) is 2.45. The number of rotatable bonds is 3. The van der Waals surface area contributed by atoms with E-state index in [4.69, 9.17) is 10.5 Å². The largest absolute Gasteiger partial charge is 0.478 e. The molecular formula is C12H18N6O. The van der Waals surface area contributed by atoms with Gasteiger partial charge in [-0.25, -0.2) is 0 Å². The van der Waals surface area contributed by atoms with E-state index < -0.39 is 0 Å². The molecule has 0 spiro atoms. The number of methoxy groups -OCH3 is 1. The Hall–Kier alpha value is -2.05. The Balaban J connectivity index is 1.94. The molecule has 19 heavy (non-hydrogen) atoms. The van der Waals surface area contributed by atoms with E-state index in [1.165, 1.54) is 12.8 Å². The number of nitrogens with zero attached hydrogens (tertiary/aromatic N) is 5.